The summed E-state index contributed by atoms with van der Waals surface area (Å²) >= 11 is 0. The Balaban J connectivity index is 2.27. The standard InChI is InChI=1S/C13H9F3N2O3/c14-13(15,16)7-1-3-8(4-2-7)21-11-10(17)9(12(19)20)5-6-18-11/h1-6H,17H2,(H,19,20). The van der Waals surface area contributed by atoms with Gasteiger partial charge < -0.3 is 15.6 Å². The van der Waals surface area contributed by atoms with Gasteiger partial charge in [0.25, 0.3) is 0 Å². The van der Waals surface area contributed by atoms with E-state index < -0.39 is 17.7 Å². The van der Waals surface area contributed by atoms with Crippen LogP contribution >= 0.6 is 0 Å². The SMILES string of the molecule is Nc1c(C(=O)O)ccnc1Oc1ccc(C(F)(F)F)cc1. The lowest BCUT2D eigenvalue weighted by Gasteiger charge is -2.10. The molecule has 0 fully saturated rings. The second-order valence-electron chi connectivity index (χ2n) is 4.01. The first-order chi connectivity index (χ1) is 9.79. The number of anilines is 1. The van der Waals surface area contributed by atoms with Gasteiger partial charge >= 0.3 is 12.1 Å². The number of carboxylic acids is 1. The minimum absolute atomic E-state index is 0.0599. The second kappa shape index (κ2) is 5.31. The zero-order valence-corrected chi connectivity index (χ0v) is 10.4. The Morgan fingerprint density at radius 3 is 2.33 bits per heavy atom. The quantitative estimate of drug-likeness (QED) is 0.909. The molecule has 0 spiro atoms. The van der Waals surface area contributed by atoms with E-state index in [-0.39, 0.29) is 22.9 Å². The number of carbonyl (C=O) groups is 1. The van der Waals surface area contributed by atoms with E-state index in [4.69, 9.17) is 15.6 Å². The lowest BCUT2D eigenvalue weighted by Crippen LogP contribution is -2.06. The number of ether oxygens (including phenoxy) is 1. The maximum Gasteiger partial charge on any atom is 0.416 e. The van der Waals surface area contributed by atoms with E-state index in [2.05, 4.69) is 4.98 Å². The lowest BCUT2D eigenvalue weighted by atomic mass is 10.2. The number of alkyl halides is 3. The molecule has 0 atom stereocenters. The fourth-order valence-corrected chi connectivity index (χ4v) is 1.55. The van der Waals surface area contributed by atoms with E-state index in [9.17, 15) is 18.0 Å². The van der Waals surface area contributed by atoms with Crippen LogP contribution in [0.2, 0.25) is 0 Å². The maximum absolute atomic E-state index is 12.4. The third kappa shape index (κ3) is 3.22. The van der Waals surface area contributed by atoms with Crippen LogP contribution in [0.1, 0.15) is 15.9 Å². The number of pyridine rings is 1. The number of aromatic carboxylic acids is 1. The lowest BCUT2D eigenvalue weighted by molar-refractivity contribution is -0.137. The molecular formula is C13H9F3N2O3. The number of benzene rings is 1. The molecule has 0 saturated heterocycles. The number of carboxylic acid groups (broad SMARTS) is 1. The normalized spacial score (nSPS) is 11.2. The maximum atomic E-state index is 12.4. The van der Waals surface area contributed by atoms with Crippen molar-refractivity contribution in [2.45, 2.75) is 6.18 Å². The summed E-state index contributed by atoms with van der Waals surface area (Å²) in [5.41, 5.74) is 4.35. The molecule has 0 unspecified atom stereocenters. The van der Waals surface area contributed by atoms with Gasteiger partial charge in [-0.2, -0.15) is 13.2 Å². The second-order valence-corrected chi connectivity index (χ2v) is 4.01. The van der Waals surface area contributed by atoms with Crippen LogP contribution < -0.4 is 10.5 Å². The van der Waals surface area contributed by atoms with Crippen LogP contribution in [0.15, 0.2) is 36.5 Å². The van der Waals surface area contributed by atoms with Crippen molar-refractivity contribution in [3.63, 3.8) is 0 Å². The van der Waals surface area contributed by atoms with E-state index in [0.717, 1.165) is 24.3 Å². The molecule has 0 radical (unpaired) electrons. The molecule has 8 heteroatoms. The topological polar surface area (TPSA) is 85.4 Å². The highest BCUT2D eigenvalue weighted by Gasteiger charge is 2.30. The number of rotatable bonds is 3. The molecule has 21 heavy (non-hydrogen) atoms. The van der Waals surface area contributed by atoms with Crippen LogP contribution in [0.4, 0.5) is 18.9 Å². The van der Waals surface area contributed by atoms with Crippen molar-refractivity contribution in [3.8, 4) is 11.6 Å². The number of nitrogen functional groups attached to an aromatic ring is 1. The monoisotopic (exact) mass is 298 g/mol. The molecule has 2 rings (SSSR count). The molecule has 110 valence electrons. The molecule has 0 aliphatic heterocycles. The van der Waals surface area contributed by atoms with Crippen LogP contribution in [0.3, 0.4) is 0 Å². The molecule has 1 aromatic heterocycles. The molecule has 2 aromatic rings. The van der Waals surface area contributed by atoms with Crippen molar-refractivity contribution in [2.24, 2.45) is 0 Å². The zero-order valence-electron chi connectivity index (χ0n) is 10.4. The van der Waals surface area contributed by atoms with Gasteiger partial charge in [0.1, 0.15) is 11.4 Å². The number of nitrogens with zero attached hydrogens (tertiary/aromatic N) is 1. The molecule has 0 aliphatic rings. The summed E-state index contributed by atoms with van der Waals surface area (Å²) in [5, 5.41) is 8.89. The largest absolute Gasteiger partial charge is 0.478 e. The molecule has 3 N–H and O–H groups in total. The predicted octanol–water partition coefficient (Wildman–Crippen LogP) is 3.17. The number of nitrogens with two attached hydrogens (primary N) is 1. The Morgan fingerprint density at radius 2 is 1.81 bits per heavy atom. The van der Waals surface area contributed by atoms with Crippen LogP contribution in [0, 0.1) is 0 Å². The van der Waals surface area contributed by atoms with E-state index >= 15 is 0 Å². The highest BCUT2D eigenvalue weighted by atomic mass is 19.4. The zero-order chi connectivity index (χ0) is 15.6. The number of hydrogen-bond acceptors (Lipinski definition) is 4. The summed E-state index contributed by atoms with van der Waals surface area (Å²) in [5.74, 6) is -1.38. The van der Waals surface area contributed by atoms with Gasteiger partial charge in [-0.15, -0.1) is 0 Å². The number of halogens is 3. The molecule has 1 heterocycles. The van der Waals surface area contributed by atoms with Gasteiger partial charge in [0.2, 0.25) is 5.88 Å². The Labute approximate surface area is 116 Å². The Bertz CT molecular complexity index is 669. The third-order valence-corrected chi connectivity index (χ3v) is 2.58. The summed E-state index contributed by atoms with van der Waals surface area (Å²) < 4.78 is 42.4. The van der Waals surface area contributed by atoms with Crippen molar-refractivity contribution < 1.29 is 27.8 Å². The number of hydrogen-bond donors (Lipinski definition) is 2. The van der Waals surface area contributed by atoms with Crippen LogP contribution in [0.25, 0.3) is 0 Å². The van der Waals surface area contributed by atoms with E-state index in [1.54, 1.807) is 0 Å². The van der Waals surface area contributed by atoms with Gasteiger partial charge in [-0.05, 0) is 30.3 Å². The van der Waals surface area contributed by atoms with Gasteiger partial charge in [0, 0.05) is 6.20 Å². The summed E-state index contributed by atoms with van der Waals surface area (Å²) in [7, 11) is 0. The van der Waals surface area contributed by atoms with E-state index in [1.807, 2.05) is 0 Å². The average molecular weight is 298 g/mol. The summed E-state index contributed by atoms with van der Waals surface area (Å²) in [6.07, 6.45) is -3.27. The summed E-state index contributed by atoms with van der Waals surface area (Å²) in [6.45, 7) is 0. The smallest absolute Gasteiger partial charge is 0.416 e. The van der Waals surface area contributed by atoms with Gasteiger partial charge in [0.15, 0.2) is 0 Å². The first kappa shape index (κ1) is 14.6. The van der Waals surface area contributed by atoms with E-state index in [1.165, 1.54) is 12.3 Å². The van der Waals surface area contributed by atoms with Crippen molar-refractivity contribution in [1.29, 1.82) is 0 Å². The minimum Gasteiger partial charge on any atom is -0.478 e. The Morgan fingerprint density at radius 1 is 1.19 bits per heavy atom. The van der Waals surface area contributed by atoms with Gasteiger partial charge in [-0.25, -0.2) is 9.78 Å². The van der Waals surface area contributed by atoms with Crippen molar-refractivity contribution >= 4 is 11.7 Å². The first-order valence-electron chi connectivity index (χ1n) is 5.62. The molecule has 0 bridgehead atoms. The summed E-state index contributed by atoms with van der Waals surface area (Å²) in [6, 6.07) is 5.06. The molecule has 1 aromatic carbocycles. The van der Waals surface area contributed by atoms with Gasteiger partial charge in [-0.1, -0.05) is 0 Å². The fraction of sp³-hybridized carbons (Fsp3) is 0.0769. The Hall–Kier alpha value is -2.77. The average Bonchev–Trinajstić information content (AvgIpc) is 2.40. The van der Waals surface area contributed by atoms with Crippen molar-refractivity contribution in [3.05, 3.63) is 47.7 Å². The van der Waals surface area contributed by atoms with Gasteiger partial charge in [-0.3, -0.25) is 0 Å². The molecule has 5 nitrogen and oxygen atoms in total. The van der Waals surface area contributed by atoms with Crippen molar-refractivity contribution in [2.75, 3.05) is 5.73 Å². The molecule has 0 saturated carbocycles. The first-order valence-corrected chi connectivity index (χ1v) is 5.62. The van der Waals surface area contributed by atoms with E-state index in [0.29, 0.717) is 0 Å². The number of aromatic nitrogens is 1. The molecule has 0 amide bonds. The molecular weight excluding hydrogens is 289 g/mol. The van der Waals surface area contributed by atoms with Crippen molar-refractivity contribution in [1.82, 2.24) is 4.98 Å². The Kier molecular flexibility index (Phi) is 3.70. The highest BCUT2D eigenvalue weighted by Crippen LogP contribution is 2.32. The van der Waals surface area contributed by atoms with Crippen LogP contribution in [-0.4, -0.2) is 16.1 Å². The van der Waals surface area contributed by atoms with Crippen LogP contribution in [0.5, 0.6) is 11.6 Å². The third-order valence-electron chi connectivity index (χ3n) is 2.58. The van der Waals surface area contributed by atoms with Gasteiger partial charge in [0.05, 0.1) is 11.1 Å². The molecule has 0 aliphatic carbocycles. The minimum atomic E-state index is -4.45. The summed E-state index contributed by atoms with van der Waals surface area (Å²) in [4.78, 5) is 14.6. The predicted molar refractivity (Wildman–Crippen MR) is 67.1 cm³/mol. The highest BCUT2D eigenvalue weighted by molar-refractivity contribution is 5.94. The fourth-order valence-electron chi connectivity index (χ4n) is 1.55. The van der Waals surface area contributed by atoms with Crippen LogP contribution in [-0.2, 0) is 6.18 Å².